The highest BCUT2D eigenvalue weighted by molar-refractivity contribution is 7.80. The highest BCUT2D eigenvalue weighted by atomic mass is 32.1. The zero-order chi connectivity index (χ0) is 13.0. The summed E-state index contributed by atoms with van der Waals surface area (Å²) in [5.41, 5.74) is 6.30. The fraction of sp³-hybridized carbons (Fsp3) is 0.583. The van der Waals surface area contributed by atoms with E-state index in [0.717, 1.165) is 25.2 Å². The van der Waals surface area contributed by atoms with Gasteiger partial charge in [0.1, 0.15) is 0 Å². The molecule has 5 nitrogen and oxygen atoms in total. The Morgan fingerprint density at radius 2 is 2.17 bits per heavy atom. The Labute approximate surface area is 112 Å². The molecule has 0 bridgehead atoms. The van der Waals surface area contributed by atoms with Crippen molar-refractivity contribution in [3.63, 3.8) is 0 Å². The number of hydrogen-bond acceptors (Lipinski definition) is 4. The molecule has 1 saturated heterocycles. The van der Waals surface area contributed by atoms with E-state index in [4.69, 9.17) is 18.0 Å². The summed E-state index contributed by atoms with van der Waals surface area (Å²) >= 11 is 4.80. The van der Waals surface area contributed by atoms with Crippen LogP contribution in [0.1, 0.15) is 25.7 Å². The number of rotatable bonds is 5. The fourth-order valence-electron chi connectivity index (χ4n) is 2.14. The van der Waals surface area contributed by atoms with Crippen molar-refractivity contribution in [2.75, 3.05) is 18.0 Å². The van der Waals surface area contributed by atoms with Gasteiger partial charge in [-0.3, -0.25) is 4.79 Å². The molecular formula is C12H18N4OS. The van der Waals surface area contributed by atoms with Gasteiger partial charge in [0.05, 0.1) is 16.9 Å². The standard InChI is InChI=1S/C12H18N4OS/c13-11(18)4-3-7-16-12(17)8-10(9-14-16)15-5-1-2-6-15/h8-9H,1-7H2,(H2,13,18). The molecule has 0 aromatic carbocycles. The number of hydrogen-bond donors (Lipinski definition) is 1. The van der Waals surface area contributed by atoms with Gasteiger partial charge in [-0.25, -0.2) is 4.68 Å². The van der Waals surface area contributed by atoms with E-state index in [1.165, 1.54) is 17.5 Å². The summed E-state index contributed by atoms with van der Waals surface area (Å²) in [6, 6.07) is 1.67. The summed E-state index contributed by atoms with van der Waals surface area (Å²) in [6.45, 7) is 2.61. The van der Waals surface area contributed by atoms with E-state index < -0.39 is 0 Å². The number of aryl methyl sites for hydroxylation is 1. The van der Waals surface area contributed by atoms with Crippen molar-refractivity contribution in [2.24, 2.45) is 5.73 Å². The van der Waals surface area contributed by atoms with Crippen LogP contribution in [-0.2, 0) is 6.54 Å². The van der Waals surface area contributed by atoms with Crippen LogP contribution in [0.4, 0.5) is 5.69 Å². The van der Waals surface area contributed by atoms with Gasteiger partial charge in [-0.05, 0) is 25.7 Å². The monoisotopic (exact) mass is 266 g/mol. The van der Waals surface area contributed by atoms with Crippen molar-refractivity contribution in [2.45, 2.75) is 32.2 Å². The third-order valence-corrected chi connectivity index (χ3v) is 3.32. The summed E-state index contributed by atoms with van der Waals surface area (Å²) in [5, 5.41) is 4.20. The van der Waals surface area contributed by atoms with E-state index in [1.807, 2.05) is 0 Å². The zero-order valence-electron chi connectivity index (χ0n) is 10.3. The molecule has 0 radical (unpaired) electrons. The van der Waals surface area contributed by atoms with Gasteiger partial charge in [-0.15, -0.1) is 0 Å². The molecule has 0 unspecified atom stereocenters. The van der Waals surface area contributed by atoms with Crippen LogP contribution in [0.5, 0.6) is 0 Å². The molecule has 6 heteroatoms. The van der Waals surface area contributed by atoms with E-state index in [-0.39, 0.29) is 5.56 Å². The predicted molar refractivity (Wildman–Crippen MR) is 76.0 cm³/mol. The van der Waals surface area contributed by atoms with Crippen molar-refractivity contribution >= 4 is 22.9 Å². The number of anilines is 1. The molecule has 98 valence electrons. The van der Waals surface area contributed by atoms with Gasteiger partial charge in [0.15, 0.2) is 0 Å². The lowest BCUT2D eigenvalue weighted by Gasteiger charge is -2.17. The van der Waals surface area contributed by atoms with Crippen LogP contribution in [0.15, 0.2) is 17.1 Å². The fourth-order valence-corrected chi connectivity index (χ4v) is 2.29. The van der Waals surface area contributed by atoms with Crippen molar-refractivity contribution in [3.05, 3.63) is 22.6 Å². The number of aromatic nitrogens is 2. The van der Waals surface area contributed by atoms with Crippen LogP contribution in [0.3, 0.4) is 0 Å². The normalized spacial score (nSPS) is 15.0. The van der Waals surface area contributed by atoms with Gasteiger partial charge in [-0.1, -0.05) is 12.2 Å². The topological polar surface area (TPSA) is 64.2 Å². The smallest absolute Gasteiger partial charge is 0.268 e. The van der Waals surface area contributed by atoms with Gasteiger partial charge in [0, 0.05) is 25.7 Å². The summed E-state index contributed by atoms with van der Waals surface area (Å²) in [7, 11) is 0. The van der Waals surface area contributed by atoms with E-state index in [9.17, 15) is 4.79 Å². The molecule has 18 heavy (non-hydrogen) atoms. The van der Waals surface area contributed by atoms with Crippen LogP contribution in [0.25, 0.3) is 0 Å². The van der Waals surface area contributed by atoms with Gasteiger partial charge < -0.3 is 10.6 Å². The maximum atomic E-state index is 11.9. The Hall–Kier alpha value is -1.43. The first-order valence-corrected chi connectivity index (χ1v) is 6.68. The Bertz CT molecular complexity index is 479. The first kappa shape index (κ1) is 13.0. The van der Waals surface area contributed by atoms with Crippen LogP contribution < -0.4 is 16.2 Å². The molecule has 0 aliphatic carbocycles. The molecule has 2 heterocycles. The van der Waals surface area contributed by atoms with Crippen LogP contribution in [-0.4, -0.2) is 27.9 Å². The van der Waals surface area contributed by atoms with Gasteiger partial charge in [0.25, 0.3) is 5.56 Å². The highest BCUT2D eigenvalue weighted by Crippen LogP contribution is 2.16. The molecular weight excluding hydrogens is 248 g/mol. The summed E-state index contributed by atoms with van der Waals surface area (Å²) in [5.74, 6) is 0. The minimum absolute atomic E-state index is 0.0534. The van der Waals surface area contributed by atoms with E-state index in [2.05, 4.69) is 10.00 Å². The number of nitrogens with zero attached hydrogens (tertiary/aromatic N) is 3. The first-order valence-electron chi connectivity index (χ1n) is 6.27. The quantitative estimate of drug-likeness (QED) is 0.803. The largest absolute Gasteiger partial charge is 0.393 e. The molecule has 2 rings (SSSR count). The second kappa shape index (κ2) is 5.95. The van der Waals surface area contributed by atoms with Gasteiger partial charge >= 0.3 is 0 Å². The van der Waals surface area contributed by atoms with Crippen molar-refractivity contribution in [1.82, 2.24) is 9.78 Å². The van der Waals surface area contributed by atoms with E-state index in [0.29, 0.717) is 18.0 Å². The minimum atomic E-state index is -0.0534. The Balaban J connectivity index is 2.00. The highest BCUT2D eigenvalue weighted by Gasteiger charge is 2.13. The summed E-state index contributed by atoms with van der Waals surface area (Å²) in [6.07, 6.45) is 5.56. The zero-order valence-corrected chi connectivity index (χ0v) is 11.2. The molecule has 1 aromatic rings. The summed E-state index contributed by atoms with van der Waals surface area (Å²) in [4.78, 5) is 14.6. The van der Waals surface area contributed by atoms with E-state index >= 15 is 0 Å². The number of thiocarbonyl (C=S) groups is 1. The maximum Gasteiger partial charge on any atom is 0.268 e. The second-order valence-corrected chi connectivity index (χ2v) is 5.06. The number of nitrogens with two attached hydrogens (primary N) is 1. The molecule has 0 atom stereocenters. The molecule has 1 aliphatic heterocycles. The van der Waals surface area contributed by atoms with Crippen LogP contribution >= 0.6 is 12.2 Å². The maximum absolute atomic E-state index is 11.9. The third-order valence-electron chi connectivity index (χ3n) is 3.12. The predicted octanol–water partition coefficient (Wildman–Crippen LogP) is 0.910. The lowest BCUT2D eigenvalue weighted by molar-refractivity contribution is 0.557. The lowest BCUT2D eigenvalue weighted by atomic mass is 10.3. The second-order valence-electron chi connectivity index (χ2n) is 4.54. The Morgan fingerprint density at radius 3 is 2.78 bits per heavy atom. The van der Waals surface area contributed by atoms with Crippen LogP contribution in [0, 0.1) is 0 Å². The van der Waals surface area contributed by atoms with Gasteiger partial charge in [-0.2, -0.15) is 5.10 Å². The van der Waals surface area contributed by atoms with Crippen molar-refractivity contribution < 1.29 is 0 Å². The Morgan fingerprint density at radius 1 is 1.44 bits per heavy atom. The van der Waals surface area contributed by atoms with Crippen molar-refractivity contribution in [3.8, 4) is 0 Å². The molecule has 1 aliphatic rings. The first-order chi connectivity index (χ1) is 8.66. The third kappa shape index (κ3) is 3.29. The van der Waals surface area contributed by atoms with E-state index in [1.54, 1.807) is 12.3 Å². The molecule has 0 spiro atoms. The van der Waals surface area contributed by atoms with Crippen LogP contribution in [0.2, 0.25) is 0 Å². The minimum Gasteiger partial charge on any atom is -0.393 e. The summed E-state index contributed by atoms with van der Waals surface area (Å²) < 4.78 is 1.47. The van der Waals surface area contributed by atoms with Gasteiger partial charge in [0.2, 0.25) is 0 Å². The SMILES string of the molecule is NC(=S)CCCn1ncc(N2CCCC2)cc1=O. The molecule has 2 N–H and O–H groups in total. The molecule has 1 aromatic heterocycles. The molecule has 0 amide bonds. The average Bonchev–Trinajstić information content (AvgIpc) is 2.84. The average molecular weight is 266 g/mol. The lowest BCUT2D eigenvalue weighted by Crippen LogP contribution is -2.26. The van der Waals surface area contributed by atoms with Crippen molar-refractivity contribution in [1.29, 1.82) is 0 Å². The molecule has 0 saturated carbocycles. The molecule has 1 fully saturated rings. The Kier molecular flexibility index (Phi) is 4.30.